The van der Waals surface area contributed by atoms with Crippen LogP contribution in [0.15, 0.2) is 24.3 Å². The molecule has 0 unspecified atom stereocenters. The molecule has 21 heavy (non-hydrogen) atoms. The minimum atomic E-state index is 0.135. The van der Waals surface area contributed by atoms with Crippen LogP contribution in [-0.2, 0) is 4.79 Å². The van der Waals surface area contributed by atoms with Crippen LogP contribution < -0.4 is 5.32 Å². The first-order valence-electron chi connectivity index (χ1n) is 8.33. The van der Waals surface area contributed by atoms with E-state index < -0.39 is 0 Å². The van der Waals surface area contributed by atoms with E-state index in [-0.39, 0.29) is 5.91 Å². The number of para-hydroxylation sites is 1. The zero-order valence-corrected chi connectivity index (χ0v) is 13.0. The minimum absolute atomic E-state index is 0.135. The molecular weight excluding hydrogens is 260 g/mol. The van der Waals surface area contributed by atoms with Gasteiger partial charge >= 0.3 is 0 Å². The lowest BCUT2D eigenvalue weighted by atomic mass is 9.78. The molecule has 1 aromatic rings. The summed E-state index contributed by atoms with van der Waals surface area (Å²) < 4.78 is 0. The van der Waals surface area contributed by atoms with E-state index in [0.717, 1.165) is 23.7 Å². The molecular formula is C18H26N2O. The smallest absolute Gasteiger partial charge is 0.238 e. The van der Waals surface area contributed by atoms with E-state index in [2.05, 4.69) is 10.2 Å². The Morgan fingerprint density at radius 1 is 1.19 bits per heavy atom. The molecule has 3 nitrogen and oxygen atoms in total. The number of amides is 1. The maximum Gasteiger partial charge on any atom is 0.238 e. The summed E-state index contributed by atoms with van der Waals surface area (Å²) in [6.45, 7) is 3.67. The van der Waals surface area contributed by atoms with Crippen LogP contribution in [0.3, 0.4) is 0 Å². The van der Waals surface area contributed by atoms with Gasteiger partial charge in [0.05, 0.1) is 6.54 Å². The number of hydrogen-bond acceptors (Lipinski definition) is 2. The fraction of sp³-hybridized carbons (Fsp3) is 0.611. The van der Waals surface area contributed by atoms with Crippen LogP contribution in [0.4, 0.5) is 5.69 Å². The van der Waals surface area contributed by atoms with Gasteiger partial charge in [-0.3, -0.25) is 9.69 Å². The number of anilines is 1. The number of aryl methyl sites for hydroxylation is 1. The van der Waals surface area contributed by atoms with E-state index in [9.17, 15) is 4.79 Å². The number of nitrogens with one attached hydrogen (secondary N) is 1. The van der Waals surface area contributed by atoms with E-state index in [1.165, 1.54) is 38.5 Å². The van der Waals surface area contributed by atoms with Crippen LogP contribution in [0.2, 0.25) is 0 Å². The van der Waals surface area contributed by atoms with Crippen molar-refractivity contribution in [2.24, 2.45) is 5.92 Å². The molecule has 0 aromatic heterocycles. The Morgan fingerprint density at radius 2 is 1.95 bits per heavy atom. The predicted molar refractivity (Wildman–Crippen MR) is 86.4 cm³/mol. The molecule has 1 aromatic carbocycles. The molecule has 1 N–H and O–H groups in total. The summed E-state index contributed by atoms with van der Waals surface area (Å²) in [5.41, 5.74) is 2.07. The summed E-state index contributed by atoms with van der Waals surface area (Å²) in [6.07, 6.45) is 7.96. The topological polar surface area (TPSA) is 32.3 Å². The molecule has 1 heterocycles. The molecule has 1 amide bonds. The van der Waals surface area contributed by atoms with E-state index in [1.54, 1.807) is 0 Å². The van der Waals surface area contributed by atoms with Crippen LogP contribution >= 0.6 is 0 Å². The standard InChI is InChI=1S/C18H26N2O/c1-14-7-2-4-10-16(14)19-18(21)13-20-12-6-9-15-8-3-5-11-17(15)20/h2,4,7,10,15,17H,3,5-6,8-9,11-13H2,1H3,(H,19,21)/t15-,17-/m0/s1. The van der Waals surface area contributed by atoms with Gasteiger partial charge in [0.25, 0.3) is 0 Å². The summed E-state index contributed by atoms with van der Waals surface area (Å²) >= 11 is 0. The molecule has 0 radical (unpaired) electrons. The Kier molecular flexibility index (Phi) is 4.59. The molecule has 2 atom stereocenters. The monoisotopic (exact) mass is 286 g/mol. The van der Waals surface area contributed by atoms with Crippen molar-refractivity contribution in [2.75, 3.05) is 18.4 Å². The van der Waals surface area contributed by atoms with Crippen molar-refractivity contribution in [2.45, 2.75) is 51.5 Å². The summed E-state index contributed by atoms with van der Waals surface area (Å²) in [5.74, 6) is 0.967. The first kappa shape index (κ1) is 14.6. The van der Waals surface area contributed by atoms with Crippen LogP contribution in [0.25, 0.3) is 0 Å². The molecule has 3 heteroatoms. The molecule has 2 aliphatic rings. The van der Waals surface area contributed by atoms with Crippen molar-refractivity contribution in [3.63, 3.8) is 0 Å². The Hall–Kier alpha value is -1.35. The number of nitrogens with zero attached hydrogens (tertiary/aromatic N) is 1. The SMILES string of the molecule is Cc1ccccc1NC(=O)CN1CCC[C@@H]2CCCC[C@@H]21. The molecule has 2 fully saturated rings. The van der Waals surface area contributed by atoms with Gasteiger partial charge in [-0.2, -0.15) is 0 Å². The van der Waals surface area contributed by atoms with Gasteiger partial charge in [0.15, 0.2) is 0 Å². The van der Waals surface area contributed by atoms with Crippen LogP contribution in [0.5, 0.6) is 0 Å². The molecule has 0 spiro atoms. The average molecular weight is 286 g/mol. The molecule has 3 rings (SSSR count). The third-order valence-electron chi connectivity index (χ3n) is 5.12. The van der Waals surface area contributed by atoms with E-state index >= 15 is 0 Å². The summed E-state index contributed by atoms with van der Waals surface area (Å²) in [6, 6.07) is 8.64. The lowest BCUT2D eigenvalue weighted by Gasteiger charge is -2.43. The lowest BCUT2D eigenvalue weighted by Crippen LogP contribution is -2.49. The molecule has 1 saturated carbocycles. The molecule has 1 aliphatic carbocycles. The first-order valence-corrected chi connectivity index (χ1v) is 8.33. The highest BCUT2D eigenvalue weighted by Crippen LogP contribution is 2.35. The highest BCUT2D eigenvalue weighted by Gasteiger charge is 2.33. The van der Waals surface area contributed by atoms with Crippen molar-refractivity contribution in [3.8, 4) is 0 Å². The normalized spacial score (nSPS) is 26.1. The highest BCUT2D eigenvalue weighted by atomic mass is 16.2. The van der Waals surface area contributed by atoms with Gasteiger partial charge in [-0.1, -0.05) is 31.0 Å². The lowest BCUT2D eigenvalue weighted by molar-refractivity contribution is -0.118. The Bertz CT molecular complexity index is 498. The maximum atomic E-state index is 12.4. The van der Waals surface area contributed by atoms with E-state index in [0.29, 0.717) is 12.6 Å². The number of carbonyl (C=O) groups excluding carboxylic acids is 1. The largest absolute Gasteiger partial charge is 0.325 e. The number of fused-ring (bicyclic) bond motifs is 1. The summed E-state index contributed by atoms with van der Waals surface area (Å²) in [7, 11) is 0. The number of likely N-dealkylation sites (tertiary alicyclic amines) is 1. The Labute approximate surface area is 127 Å². The first-order chi connectivity index (χ1) is 10.2. The van der Waals surface area contributed by atoms with Crippen molar-refractivity contribution in [1.82, 2.24) is 4.90 Å². The molecule has 0 bridgehead atoms. The quantitative estimate of drug-likeness (QED) is 0.921. The second-order valence-electron chi connectivity index (χ2n) is 6.59. The number of carbonyl (C=O) groups is 1. The fourth-order valence-electron chi connectivity index (χ4n) is 4.01. The van der Waals surface area contributed by atoms with Crippen LogP contribution in [0.1, 0.15) is 44.1 Å². The fourth-order valence-corrected chi connectivity index (χ4v) is 4.01. The third kappa shape index (κ3) is 3.46. The molecule has 1 saturated heterocycles. The Morgan fingerprint density at radius 3 is 2.81 bits per heavy atom. The van der Waals surface area contributed by atoms with Gasteiger partial charge in [0.2, 0.25) is 5.91 Å². The number of rotatable bonds is 3. The van der Waals surface area contributed by atoms with E-state index in [4.69, 9.17) is 0 Å². The number of hydrogen-bond donors (Lipinski definition) is 1. The van der Waals surface area contributed by atoms with Crippen molar-refractivity contribution in [1.29, 1.82) is 0 Å². The van der Waals surface area contributed by atoms with Crippen molar-refractivity contribution >= 4 is 11.6 Å². The second-order valence-corrected chi connectivity index (χ2v) is 6.59. The van der Waals surface area contributed by atoms with E-state index in [1.807, 2.05) is 31.2 Å². The molecule has 1 aliphatic heterocycles. The van der Waals surface area contributed by atoms with Crippen molar-refractivity contribution in [3.05, 3.63) is 29.8 Å². The molecule has 114 valence electrons. The van der Waals surface area contributed by atoms with Gasteiger partial charge in [0.1, 0.15) is 0 Å². The summed E-state index contributed by atoms with van der Waals surface area (Å²) in [5, 5.41) is 3.07. The summed E-state index contributed by atoms with van der Waals surface area (Å²) in [4.78, 5) is 14.8. The zero-order chi connectivity index (χ0) is 14.7. The minimum Gasteiger partial charge on any atom is -0.325 e. The number of piperidine rings is 1. The number of benzene rings is 1. The second kappa shape index (κ2) is 6.61. The van der Waals surface area contributed by atoms with Gasteiger partial charge in [-0.05, 0) is 56.7 Å². The van der Waals surface area contributed by atoms with Crippen molar-refractivity contribution < 1.29 is 4.79 Å². The maximum absolute atomic E-state index is 12.4. The van der Waals surface area contributed by atoms with Gasteiger partial charge < -0.3 is 5.32 Å². The predicted octanol–water partition coefficient (Wildman–Crippen LogP) is 3.59. The van der Waals surface area contributed by atoms with Gasteiger partial charge in [-0.25, -0.2) is 0 Å². The third-order valence-corrected chi connectivity index (χ3v) is 5.12. The zero-order valence-electron chi connectivity index (χ0n) is 13.0. The van der Waals surface area contributed by atoms with Gasteiger partial charge in [0, 0.05) is 11.7 Å². The average Bonchev–Trinajstić information content (AvgIpc) is 2.50. The van der Waals surface area contributed by atoms with Gasteiger partial charge in [-0.15, -0.1) is 0 Å². The van der Waals surface area contributed by atoms with Crippen LogP contribution in [-0.4, -0.2) is 29.9 Å². The Balaban J connectivity index is 1.60. The van der Waals surface area contributed by atoms with Crippen LogP contribution in [0, 0.1) is 12.8 Å². The highest BCUT2D eigenvalue weighted by molar-refractivity contribution is 5.92.